The maximum absolute atomic E-state index is 5.91. The molecule has 1 aromatic carbocycles. The molecule has 0 saturated carbocycles. The van der Waals surface area contributed by atoms with Crippen molar-refractivity contribution in [1.29, 1.82) is 0 Å². The van der Waals surface area contributed by atoms with Gasteiger partial charge in [-0.1, -0.05) is 12.1 Å². The van der Waals surface area contributed by atoms with Gasteiger partial charge in [0.1, 0.15) is 5.75 Å². The van der Waals surface area contributed by atoms with Gasteiger partial charge in [-0.3, -0.25) is 0 Å². The molecule has 1 atom stereocenters. The van der Waals surface area contributed by atoms with Crippen molar-refractivity contribution < 1.29 is 4.74 Å². The number of ether oxygens (including phenoxy) is 1. The third-order valence-electron chi connectivity index (χ3n) is 3.78. The molecule has 1 aromatic rings. The van der Waals surface area contributed by atoms with Crippen molar-refractivity contribution in [2.45, 2.75) is 25.3 Å². The number of fused-ring (bicyclic) bond motifs is 1. The highest BCUT2D eigenvalue weighted by atomic mass is 35.5. The zero-order valence-corrected chi connectivity index (χ0v) is 11.4. The lowest BCUT2D eigenvalue weighted by Crippen LogP contribution is -2.28. The van der Waals surface area contributed by atoms with Crippen LogP contribution in [0, 0.1) is 0 Å². The van der Waals surface area contributed by atoms with Crippen molar-refractivity contribution in [3.05, 3.63) is 29.3 Å². The Morgan fingerprint density at radius 3 is 3.06 bits per heavy atom. The predicted molar refractivity (Wildman–Crippen MR) is 75.6 cm³/mol. The average molecular weight is 269 g/mol. The molecule has 0 bridgehead atoms. The Morgan fingerprint density at radius 1 is 1.39 bits per heavy atom. The van der Waals surface area contributed by atoms with E-state index in [-0.39, 0.29) is 12.4 Å². The number of nitrogens with zero attached hydrogens (tertiary/aromatic N) is 1. The SMILES string of the molecule is Cl.N[C@H]1CCN(CCc2ccc3c(c2)CCO3)C1. The van der Waals surface area contributed by atoms with E-state index in [0.29, 0.717) is 6.04 Å². The Labute approximate surface area is 115 Å². The van der Waals surface area contributed by atoms with E-state index in [0.717, 1.165) is 51.3 Å². The molecule has 18 heavy (non-hydrogen) atoms. The van der Waals surface area contributed by atoms with E-state index in [1.165, 1.54) is 11.1 Å². The molecular formula is C14H21ClN2O. The van der Waals surface area contributed by atoms with E-state index < -0.39 is 0 Å². The molecule has 0 aromatic heterocycles. The van der Waals surface area contributed by atoms with Crippen molar-refractivity contribution in [3.8, 4) is 5.75 Å². The summed E-state index contributed by atoms with van der Waals surface area (Å²) in [6.07, 6.45) is 3.34. The van der Waals surface area contributed by atoms with Crippen LogP contribution in [-0.2, 0) is 12.8 Å². The summed E-state index contributed by atoms with van der Waals surface area (Å²) >= 11 is 0. The van der Waals surface area contributed by atoms with Gasteiger partial charge in [-0.15, -0.1) is 12.4 Å². The van der Waals surface area contributed by atoms with Crippen molar-refractivity contribution >= 4 is 12.4 Å². The summed E-state index contributed by atoms with van der Waals surface area (Å²) in [6.45, 7) is 4.20. The summed E-state index contributed by atoms with van der Waals surface area (Å²) in [6, 6.07) is 7.01. The van der Waals surface area contributed by atoms with Gasteiger partial charge in [0.05, 0.1) is 6.61 Å². The number of benzene rings is 1. The monoisotopic (exact) mass is 268 g/mol. The summed E-state index contributed by atoms with van der Waals surface area (Å²) in [5.74, 6) is 1.08. The number of nitrogens with two attached hydrogens (primary N) is 1. The fourth-order valence-electron chi connectivity index (χ4n) is 2.75. The molecule has 2 heterocycles. The first-order chi connectivity index (χ1) is 8.31. The summed E-state index contributed by atoms with van der Waals surface area (Å²) < 4.78 is 5.52. The van der Waals surface area contributed by atoms with Crippen LogP contribution in [0.3, 0.4) is 0 Å². The predicted octanol–water partition coefficient (Wildman–Crippen LogP) is 1.62. The zero-order valence-electron chi connectivity index (χ0n) is 10.6. The minimum absolute atomic E-state index is 0. The largest absolute Gasteiger partial charge is 0.493 e. The van der Waals surface area contributed by atoms with Crippen LogP contribution >= 0.6 is 12.4 Å². The van der Waals surface area contributed by atoms with Crippen LogP contribution in [0.4, 0.5) is 0 Å². The van der Waals surface area contributed by atoms with E-state index >= 15 is 0 Å². The molecule has 3 rings (SSSR count). The second-order valence-electron chi connectivity index (χ2n) is 5.14. The van der Waals surface area contributed by atoms with E-state index in [2.05, 4.69) is 23.1 Å². The zero-order chi connectivity index (χ0) is 11.7. The van der Waals surface area contributed by atoms with Gasteiger partial charge in [-0.05, 0) is 36.6 Å². The maximum Gasteiger partial charge on any atom is 0.122 e. The third kappa shape index (κ3) is 2.97. The lowest BCUT2D eigenvalue weighted by atomic mass is 10.1. The van der Waals surface area contributed by atoms with Gasteiger partial charge >= 0.3 is 0 Å². The average Bonchev–Trinajstić information content (AvgIpc) is 2.94. The Kier molecular flexibility index (Phi) is 4.49. The van der Waals surface area contributed by atoms with Crippen LogP contribution in [0.15, 0.2) is 18.2 Å². The van der Waals surface area contributed by atoms with Crippen molar-refractivity contribution in [2.24, 2.45) is 5.73 Å². The molecular weight excluding hydrogens is 248 g/mol. The van der Waals surface area contributed by atoms with Crippen molar-refractivity contribution in [1.82, 2.24) is 4.90 Å². The molecule has 0 aliphatic carbocycles. The van der Waals surface area contributed by atoms with Gasteiger partial charge in [0, 0.05) is 25.6 Å². The Bertz CT molecular complexity index is 411. The fraction of sp³-hybridized carbons (Fsp3) is 0.571. The normalized spacial score (nSPS) is 22.4. The summed E-state index contributed by atoms with van der Waals surface area (Å²) in [7, 11) is 0. The standard InChI is InChI=1S/C14H20N2O.ClH/c15-13-4-7-16(10-13)6-3-11-1-2-14-12(9-11)5-8-17-14;/h1-2,9,13H,3-8,10,15H2;1H/t13-;/m0./s1. The molecule has 0 radical (unpaired) electrons. The van der Waals surface area contributed by atoms with Gasteiger partial charge in [0.15, 0.2) is 0 Å². The smallest absolute Gasteiger partial charge is 0.122 e. The third-order valence-corrected chi connectivity index (χ3v) is 3.78. The van der Waals surface area contributed by atoms with Crippen LogP contribution in [-0.4, -0.2) is 37.2 Å². The van der Waals surface area contributed by atoms with Gasteiger partial charge in [0.25, 0.3) is 0 Å². The van der Waals surface area contributed by atoms with Crippen molar-refractivity contribution in [3.63, 3.8) is 0 Å². The quantitative estimate of drug-likeness (QED) is 0.905. The van der Waals surface area contributed by atoms with E-state index in [4.69, 9.17) is 10.5 Å². The highest BCUT2D eigenvalue weighted by Crippen LogP contribution is 2.26. The van der Waals surface area contributed by atoms with Crippen LogP contribution in [0.25, 0.3) is 0 Å². The lowest BCUT2D eigenvalue weighted by Gasteiger charge is -2.15. The molecule has 100 valence electrons. The molecule has 4 heteroatoms. The van der Waals surface area contributed by atoms with Crippen LogP contribution in [0.1, 0.15) is 17.5 Å². The summed E-state index contributed by atoms with van der Waals surface area (Å²) in [5.41, 5.74) is 8.71. The molecule has 0 spiro atoms. The summed E-state index contributed by atoms with van der Waals surface area (Å²) in [5, 5.41) is 0. The summed E-state index contributed by atoms with van der Waals surface area (Å²) in [4.78, 5) is 2.47. The highest BCUT2D eigenvalue weighted by molar-refractivity contribution is 5.85. The van der Waals surface area contributed by atoms with Gasteiger partial charge in [-0.2, -0.15) is 0 Å². The second-order valence-corrected chi connectivity index (χ2v) is 5.14. The van der Waals surface area contributed by atoms with E-state index in [1.54, 1.807) is 0 Å². The first-order valence-electron chi connectivity index (χ1n) is 6.54. The second kappa shape index (κ2) is 5.91. The molecule has 2 aliphatic heterocycles. The van der Waals surface area contributed by atoms with Crippen LogP contribution in [0.5, 0.6) is 5.75 Å². The van der Waals surface area contributed by atoms with Gasteiger partial charge in [-0.25, -0.2) is 0 Å². The maximum atomic E-state index is 5.91. The van der Waals surface area contributed by atoms with Crippen LogP contribution in [0.2, 0.25) is 0 Å². The minimum atomic E-state index is 0. The molecule has 1 fully saturated rings. The number of halogens is 1. The number of likely N-dealkylation sites (tertiary alicyclic amines) is 1. The first kappa shape index (κ1) is 13.7. The number of hydrogen-bond acceptors (Lipinski definition) is 3. The van der Waals surface area contributed by atoms with E-state index in [1.807, 2.05) is 0 Å². The fourth-order valence-corrected chi connectivity index (χ4v) is 2.75. The number of rotatable bonds is 3. The van der Waals surface area contributed by atoms with E-state index in [9.17, 15) is 0 Å². The molecule has 3 nitrogen and oxygen atoms in total. The molecule has 2 aliphatic rings. The number of hydrogen-bond donors (Lipinski definition) is 1. The van der Waals surface area contributed by atoms with Crippen molar-refractivity contribution in [2.75, 3.05) is 26.2 Å². The Morgan fingerprint density at radius 2 is 2.28 bits per heavy atom. The van der Waals surface area contributed by atoms with Crippen LogP contribution < -0.4 is 10.5 Å². The molecule has 0 unspecified atom stereocenters. The Hall–Kier alpha value is -0.770. The Balaban J connectivity index is 0.00000120. The minimum Gasteiger partial charge on any atom is -0.493 e. The topological polar surface area (TPSA) is 38.5 Å². The molecule has 1 saturated heterocycles. The molecule has 0 amide bonds. The highest BCUT2D eigenvalue weighted by Gasteiger charge is 2.18. The lowest BCUT2D eigenvalue weighted by molar-refractivity contribution is 0.339. The molecule has 2 N–H and O–H groups in total. The van der Waals surface area contributed by atoms with Gasteiger partial charge < -0.3 is 15.4 Å². The van der Waals surface area contributed by atoms with Gasteiger partial charge in [0.2, 0.25) is 0 Å². The first-order valence-corrected chi connectivity index (χ1v) is 6.54.